The molecule has 0 saturated heterocycles. The van der Waals surface area contributed by atoms with Crippen molar-refractivity contribution in [2.75, 3.05) is 44.5 Å². The molecule has 0 aromatic carbocycles. The van der Waals surface area contributed by atoms with Crippen LogP contribution in [0.3, 0.4) is 0 Å². The Hall–Kier alpha value is 0.280. The number of hydrogen-bond donors (Lipinski definition) is 2. The first kappa shape index (κ1) is 21.6. The summed E-state index contributed by atoms with van der Waals surface area (Å²) in [6, 6.07) is 0. The fourth-order valence-corrected chi connectivity index (χ4v) is 2.15. The summed E-state index contributed by atoms with van der Waals surface area (Å²) in [6.45, 7) is 6.78. The highest BCUT2D eigenvalue weighted by Crippen LogP contribution is 2.08. The molecule has 0 rings (SSSR count). The van der Waals surface area contributed by atoms with Gasteiger partial charge in [-0.15, -0.1) is 0 Å². The normalized spacial score (nSPS) is 10.6. The van der Waals surface area contributed by atoms with E-state index in [1.807, 2.05) is 11.8 Å². The van der Waals surface area contributed by atoms with Crippen LogP contribution in [0.25, 0.3) is 0 Å². The smallest absolute Gasteiger partial charge is 0.402 e. The van der Waals surface area contributed by atoms with E-state index in [-0.39, 0.29) is 15.0 Å². The molecule has 0 saturated carbocycles. The zero-order valence-electron chi connectivity index (χ0n) is 11.9. The van der Waals surface area contributed by atoms with Gasteiger partial charge in [0.05, 0.1) is 33.0 Å². The predicted octanol–water partition coefficient (Wildman–Crippen LogP) is 0.404. The Bertz CT molecular complexity index is 157. The highest BCUT2D eigenvalue weighted by atomic mass is 32.2. The van der Waals surface area contributed by atoms with Gasteiger partial charge in [0, 0.05) is 14.2 Å². The Balaban J connectivity index is 0. The summed E-state index contributed by atoms with van der Waals surface area (Å²) in [7, 11) is -1.72. The van der Waals surface area contributed by atoms with Gasteiger partial charge in [0.25, 0.3) is 0 Å². The minimum Gasteiger partial charge on any atom is -0.402 e. The maximum Gasteiger partial charge on any atom is 0.633 e. The molecule has 0 bridgehead atoms. The Kier molecular flexibility index (Phi) is 18.5. The van der Waals surface area contributed by atoms with E-state index in [1.165, 1.54) is 12.2 Å². The maximum absolute atomic E-state index is 8.38. The van der Waals surface area contributed by atoms with Crippen molar-refractivity contribution < 1.29 is 24.2 Å². The van der Waals surface area contributed by atoms with Crippen molar-refractivity contribution in [2.24, 2.45) is 5.92 Å². The molecule has 0 spiro atoms. The number of hydrogen-bond acceptors (Lipinski definition) is 6. The molecule has 2 N–H and O–H groups in total. The van der Waals surface area contributed by atoms with Crippen molar-refractivity contribution >= 4 is 27.5 Å². The first-order valence-electron chi connectivity index (χ1n) is 6.34. The van der Waals surface area contributed by atoms with E-state index in [9.17, 15) is 0 Å². The highest BCUT2D eigenvalue weighted by molar-refractivity contribution is 7.99. The van der Waals surface area contributed by atoms with Gasteiger partial charge in [0.1, 0.15) is 0 Å². The Labute approximate surface area is 123 Å². The summed E-state index contributed by atoms with van der Waals surface area (Å²) in [4.78, 5) is 0. The minimum absolute atomic E-state index is 0. The van der Waals surface area contributed by atoms with Crippen LogP contribution in [0.1, 0.15) is 20.3 Å². The fourth-order valence-electron chi connectivity index (χ4n) is 1.07. The van der Waals surface area contributed by atoms with Gasteiger partial charge in [-0.25, -0.2) is 0 Å². The standard InChI is InChI=1S/C11H25BO5S.B/c1-11(2)3-9-18-10-8-16-5-4-15-6-7-17-12(13)14;/h11,13-14H,3-10H2,1-2H3;. The molecule has 5 nitrogen and oxygen atoms in total. The van der Waals surface area contributed by atoms with Crippen LogP contribution in [0.5, 0.6) is 0 Å². The summed E-state index contributed by atoms with van der Waals surface area (Å²) >= 11 is 1.92. The SMILES string of the molecule is CC(C)CCSCCOCCOCCOB(O)O.[B]. The predicted molar refractivity (Wildman–Crippen MR) is 80.3 cm³/mol. The van der Waals surface area contributed by atoms with Gasteiger partial charge in [-0.3, -0.25) is 0 Å². The molecular formula is C11H25B2O5S. The Morgan fingerprint density at radius 1 is 0.947 bits per heavy atom. The molecule has 0 heterocycles. The van der Waals surface area contributed by atoms with Crippen LogP contribution >= 0.6 is 11.8 Å². The molecule has 3 radical (unpaired) electrons. The summed E-state index contributed by atoms with van der Waals surface area (Å²) in [6.07, 6.45) is 1.25. The molecule has 0 aromatic rings. The third-order valence-corrected chi connectivity index (χ3v) is 3.06. The maximum atomic E-state index is 8.38. The molecule has 19 heavy (non-hydrogen) atoms. The molecule has 0 aliphatic carbocycles. The molecular weight excluding hydrogens is 266 g/mol. The Morgan fingerprint density at radius 3 is 2.11 bits per heavy atom. The van der Waals surface area contributed by atoms with Gasteiger partial charge in [-0.1, -0.05) is 13.8 Å². The molecule has 0 unspecified atom stereocenters. The monoisotopic (exact) mass is 291 g/mol. The molecule has 0 fully saturated rings. The molecule has 0 aromatic heterocycles. The lowest BCUT2D eigenvalue weighted by Crippen LogP contribution is -2.20. The lowest BCUT2D eigenvalue weighted by atomic mass is 10.2. The van der Waals surface area contributed by atoms with Crippen LogP contribution in [-0.2, 0) is 14.1 Å². The molecule has 8 heteroatoms. The fraction of sp³-hybridized carbons (Fsp3) is 1.00. The molecule has 0 aliphatic rings. The van der Waals surface area contributed by atoms with Crippen LogP contribution in [-0.4, -0.2) is 70.3 Å². The van der Waals surface area contributed by atoms with Crippen molar-refractivity contribution in [2.45, 2.75) is 20.3 Å². The quantitative estimate of drug-likeness (QED) is 0.378. The van der Waals surface area contributed by atoms with Crippen molar-refractivity contribution in [3.8, 4) is 0 Å². The zero-order chi connectivity index (χ0) is 13.6. The average molecular weight is 291 g/mol. The molecule has 0 atom stereocenters. The van der Waals surface area contributed by atoms with Crippen LogP contribution in [0.2, 0.25) is 0 Å². The van der Waals surface area contributed by atoms with Crippen molar-refractivity contribution in [1.29, 1.82) is 0 Å². The van der Waals surface area contributed by atoms with Gasteiger partial charge >= 0.3 is 7.32 Å². The second-order valence-corrected chi connectivity index (χ2v) is 5.44. The van der Waals surface area contributed by atoms with Crippen molar-refractivity contribution in [3.05, 3.63) is 0 Å². The zero-order valence-corrected chi connectivity index (χ0v) is 12.7. The van der Waals surface area contributed by atoms with Gasteiger partial charge in [-0.2, -0.15) is 11.8 Å². The highest BCUT2D eigenvalue weighted by Gasteiger charge is 2.06. The van der Waals surface area contributed by atoms with E-state index in [2.05, 4.69) is 18.5 Å². The van der Waals surface area contributed by atoms with Gasteiger partial charge in [0.2, 0.25) is 0 Å². The van der Waals surface area contributed by atoms with Crippen molar-refractivity contribution in [1.82, 2.24) is 0 Å². The lowest BCUT2D eigenvalue weighted by molar-refractivity contribution is 0.0339. The number of ether oxygens (including phenoxy) is 2. The number of rotatable bonds is 13. The third kappa shape index (κ3) is 20.8. The third-order valence-electron chi connectivity index (χ3n) is 2.08. The molecule has 111 valence electrons. The van der Waals surface area contributed by atoms with Crippen LogP contribution in [0.4, 0.5) is 0 Å². The number of thioether (sulfide) groups is 1. The summed E-state index contributed by atoms with van der Waals surface area (Å²) < 4.78 is 15.0. The summed E-state index contributed by atoms with van der Waals surface area (Å²) in [5.41, 5.74) is 0. The summed E-state index contributed by atoms with van der Waals surface area (Å²) in [5, 5.41) is 16.8. The molecule has 0 amide bonds. The van der Waals surface area contributed by atoms with Crippen molar-refractivity contribution in [3.63, 3.8) is 0 Å². The van der Waals surface area contributed by atoms with E-state index < -0.39 is 7.32 Å². The average Bonchev–Trinajstić information content (AvgIpc) is 2.29. The van der Waals surface area contributed by atoms with Gasteiger partial charge in [-0.05, 0) is 18.1 Å². The van der Waals surface area contributed by atoms with E-state index in [4.69, 9.17) is 19.5 Å². The molecule has 0 aliphatic heterocycles. The van der Waals surface area contributed by atoms with E-state index in [0.717, 1.165) is 18.3 Å². The first-order chi connectivity index (χ1) is 8.63. The van der Waals surface area contributed by atoms with Crippen LogP contribution < -0.4 is 0 Å². The topological polar surface area (TPSA) is 68.2 Å². The minimum atomic E-state index is -1.72. The van der Waals surface area contributed by atoms with E-state index in [0.29, 0.717) is 19.8 Å². The first-order valence-corrected chi connectivity index (χ1v) is 7.49. The van der Waals surface area contributed by atoms with E-state index >= 15 is 0 Å². The Morgan fingerprint density at radius 2 is 1.53 bits per heavy atom. The second-order valence-electron chi connectivity index (χ2n) is 4.22. The van der Waals surface area contributed by atoms with Crippen LogP contribution in [0.15, 0.2) is 0 Å². The summed E-state index contributed by atoms with van der Waals surface area (Å²) in [5.74, 6) is 2.98. The van der Waals surface area contributed by atoms with E-state index in [1.54, 1.807) is 0 Å². The van der Waals surface area contributed by atoms with Crippen LogP contribution in [0, 0.1) is 5.92 Å². The second kappa shape index (κ2) is 16.3. The van der Waals surface area contributed by atoms with Gasteiger partial charge in [0.15, 0.2) is 0 Å². The lowest BCUT2D eigenvalue weighted by Gasteiger charge is -2.07. The van der Waals surface area contributed by atoms with Gasteiger partial charge < -0.3 is 24.2 Å². The largest absolute Gasteiger partial charge is 0.633 e.